The summed E-state index contributed by atoms with van der Waals surface area (Å²) in [6, 6.07) is 0. The van der Waals surface area contributed by atoms with Gasteiger partial charge in [-0.25, -0.2) is 0 Å². The Morgan fingerprint density at radius 3 is 2.81 bits per heavy atom. The lowest BCUT2D eigenvalue weighted by molar-refractivity contribution is -0.137. The molecule has 0 aromatic carbocycles. The summed E-state index contributed by atoms with van der Waals surface area (Å²) >= 11 is 0.885. The van der Waals surface area contributed by atoms with Crippen molar-refractivity contribution >= 4 is 23.4 Å². The lowest BCUT2D eigenvalue weighted by Gasteiger charge is -2.15. The van der Waals surface area contributed by atoms with Gasteiger partial charge >= 0.3 is 10.8 Å². The molecule has 8 heteroatoms. The number of carboxylic acids is 1. The molecule has 1 aromatic rings. The summed E-state index contributed by atoms with van der Waals surface area (Å²) in [4.78, 5) is 22.3. The van der Waals surface area contributed by atoms with Crippen LogP contribution in [0, 0.1) is 0 Å². The van der Waals surface area contributed by atoms with E-state index in [0.29, 0.717) is 10.6 Å². The van der Waals surface area contributed by atoms with Crippen LogP contribution < -0.4 is 4.87 Å². The first kappa shape index (κ1) is 15.6. The Labute approximate surface area is 125 Å². The SMILES string of the molecule is CC1(C)OCC(=Cc2sc(=O)n(CCCC(=O)O)c2O)O1. The zero-order valence-corrected chi connectivity index (χ0v) is 12.6. The molecule has 0 radical (unpaired) electrons. The fourth-order valence-electron chi connectivity index (χ4n) is 1.93. The molecule has 1 saturated heterocycles. The molecule has 2 rings (SSSR count). The van der Waals surface area contributed by atoms with Crippen molar-refractivity contribution in [2.24, 2.45) is 0 Å². The molecule has 0 atom stereocenters. The van der Waals surface area contributed by atoms with Gasteiger partial charge in [-0.05, 0) is 6.42 Å². The Morgan fingerprint density at radius 1 is 1.52 bits per heavy atom. The van der Waals surface area contributed by atoms with E-state index in [1.807, 2.05) is 0 Å². The number of thiazole rings is 1. The smallest absolute Gasteiger partial charge is 0.310 e. The van der Waals surface area contributed by atoms with Crippen LogP contribution in [0.2, 0.25) is 0 Å². The highest BCUT2D eigenvalue weighted by Crippen LogP contribution is 2.29. The molecule has 0 amide bonds. The van der Waals surface area contributed by atoms with Gasteiger partial charge in [0.15, 0.2) is 0 Å². The normalized spacial score (nSPS) is 18.9. The molecule has 1 fully saturated rings. The summed E-state index contributed by atoms with van der Waals surface area (Å²) in [6.45, 7) is 3.98. The van der Waals surface area contributed by atoms with Gasteiger partial charge in [-0.1, -0.05) is 11.3 Å². The van der Waals surface area contributed by atoms with Crippen molar-refractivity contribution in [3.8, 4) is 5.88 Å². The third-order valence-corrected chi connectivity index (χ3v) is 3.81. The Hall–Kier alpha value is -1.80. The minimum Gasteiger partial charge on any atom is -0.493 e. The van der Waals surface area contributed by atoms with E-state index >= 15 is 0 Å². The summed E-state index contributed by atoms with van der Waals surface area (Å²) in [5.74, 6) is -1.28. The fourth-order valence-corrected chi connectivity index (χ4v) is 2.80. The largest absolute Gasteiger partial charge is 0.493 e. The average Bonchev–Trinajstić information content (AvgIpc) is 2.83. The number of hydrogen-bond acceptors (Lipinski definition) is 6. The van der Waals surface area contributed by atoms with E-state index in [2.05, 4.69) is 0 Å². The van der Waals surface area contributed by atoms with Crippen LogP contribution >= 0.6 is 11.3 Å². The van der Waals surface area contributed by atoms with Gasteiger partial charge in [0.25, 0.3) is 0 Å². The highest BCUT2D eigenvalue weighted by molar-refractivity contribution is 7.10. The minimum atomic E-state index is -0.932. The molecule has 7 nitrogen and oxygen atoms in total. The van der Waals surface area contributed by atoms with Crippen LogP contribution in [0.4, 0.5) is 0 Å². The van der Waals surface area contributed by atoms with Gasteiger partial charge in [0, 0.05) is 32.9 Å². The third-order valence-electron chi connectivity index (χ3n) is 2.90. The molecule has 0 unspecified atom stereocenters. The molecule has 2 heterocycles. The van der Waals surface area contributed by atoms with E-state index in [4.69, 9.17) is 14.6 Å². The van der Waals surface area contributed by atoms with E-state index in [0.717, 1.165) is 11.3 Å². The van der Waals surface area contributed by atoms with Crippen molar-refractivity contribution < 1.29 is 24.5 Å². The topological polar surface area (TPSA) is 98.0 Å². The lowest BCUT2D eigenvalue weighted by Crippen LogP contribution is -2.18. The van der Waals surface area contributed by atoms with Gasteiger partial charge in [0.1, 0.15) is 12.4 Å². The second-order valence-corrected chi connectivity index (χ2v) is 6.10. The van der Waals surface area contributed by atoms with Gasteiger partial charge < -0.3 is 19.7 Å². The molecule has 1 aliphatic heterocycles. The van der Waals surface area contributed by atoms with E-state index in [1.165, 1.54) is 4.57 Å². The first-order valence-electron chi connectivity index (χ1n) is 6.46. The van der Waals surface area contributed by atoms with Crippen LogP contribution in [0.5, 0.6) is 5.88 Å². The first-order valence-corrected chi connectivity index (χ1v) is 7.28. The molecule has 0 bridgehead atoms. The number of rotatable bonds is 5. The lowest BCUT2D eigenvalue weighted by atomic mass is 10.3. The molecular weight excluding hydrogens is 298 g/mol. The van der Waals surface area contributed by atoms with Crippen molar-refractivity contribution in [3.05, 3.63) is 20.3 Å². The summed E-state index contributed by atoms with van der Waals surface area (Å²) in [5.41, 5.74) is 0. The van der Waals surface area contributed by atoms with Gasteiger partial charge in [0.05, 0.1) is 4.88 Å². The fraction of sp³-hybridized carbons (Fsp3) is 0.538. The Bertz CT molecular complexity index is 627. The monoisotopic (exact) mass is 315 g/mol. The number of carbonyl (C=O) groups is 1. The molecule has 0 spiro atoms. The highest BCUT2D eigenvalue weighted by atomic mass is 32.1. The van der Waals surface area contributed by atoms with Crippen molar-refractivity contribution in [3.63, 3.8) is 0 Å². The van der Waals surface area contributed by atoms with E-state index in [-0.39, 0.29) is 36.7 Å². The molecule has 1 aliphatic rings. The zero-order chi connectivity index (χ0) is 15.6. The van der Waals surface area contributed by atoms with Gasteiger partial charge in [-0.3, -0.25) is 14.2 Å². The van der Waals surface area contributed by atoms with E-state index in [1.54, 1.807) is 19.9 Å². The van der Waals surface area contributed by atoms with Crippen LogP contribution in [-0.4, -0.2) is 33.1 Å². The maximum absolute atomic E-state index is 11.8. The molecule has 2 N–H and O–H groups in total. The van der Waals surface area contributed by atoms with Crippen molar-refractivity contribution in [2.45, 2.75) is 39.0 Å². The number of aliphatic carboxylic acids is 1. The molecular formula is C13H17NO6S. The third kappa shape index (κ3) is 3.85. The second kappa shape index (κ2) is 5.90. The van der Waals surface area contributed by atoms with Crippen LogP contribution in [0.15, 0.2) is 10.6 Å². The van der Waals surface area contributed by atoms with Crippen LogP contribution in [0.1, 0.15) is 31.6 Å². The van der Waals surface area contributed by atoms with E-state index < -0.39 is 11.8 Å². The van der Waals surface area contributed by atoms with Gasteiger partial charge in [0.2, 0.25) is 11.7 Å². The number of hydrogen-bond donors (Lipinski definition) is 2. The molecule has 21 heavy (non-hydrogen) atoms. The summed E-state index contributed by atoms with van der Waals surface area (Å²) in [6.07, 6.45) is 1.80. The highest BCUT2D eigenvalue weighted by Gasteiger charge is 2.29. The summed E-state index contributed by atoms with van der Waals surface area (Å²) in [7, 11) is 0. The van der Waals surface area contributed by atoms with Gasteiger partial charge in [-0.15, -0.1) is 0 Å². The average molecular weight is 315 g/mol. The summed E-state index contributed by atoms with van der Waals surface area (Å²) < 4.78 is 12.1. The number of carboxylic acid groups (broad SMARTS) is 1. The van der Waals surface area contributed by atoms with Crippen LogP contribution in [0.3, 0.4) is 0 Å². The number of aromatic nitrogens is 1. The Morgan fingerprint density at radius 2 is 2.24 bits per heavy atom. The predicted molar refractivity (Wildman–Crippen MR) is 76.2 cm³/mol. The van der Waals surface area contributed by atoms with Crippen molar-refractivity contribution in [1.29, 1.82) is 0 Å². The quantitative estimate of drug-likeness (QED) is 0.856. The number of ether oxygens (including phenoxy) is 2. The predicted octanol–water partition coefficient (Wildman–Crippen LogP) is 1.60. The maximum Gasteiger partial charge on any atom is 0.310 e. The first-order chi connectivity index (χ1) is 9.78. The zero-order valence-electron chi connectivity index (χ0n) is 11.8. The standard InChI is InChI=1S/C13H17NO6S/c1-13(2)19-7-8(20-13)6-9-11(17)14(12(18)21-9)5-3-4-10(15)16/h6,17H,3-5,7H2,1-2H3,(H,15,16). The summed E-state index contributed by atoms with van der Waals surface area (Å²) in [5, 5.41) is 18.6. The van der Waals surface area contributed by atoms with Gasteiger partial charge in [-0.2, -0.15) is 0 Å². The molecule has 116 valence electrons. The molecule has 0 aliphatic carbocycles. The number of nitrogens with zero attached hydrogens (tertiary/aromatic N) is 1. The van der Waals surface area contributed by atoms with E-state index in [9.17, 15) is 14.7 Å². The van der Waals surface area contributed by atoms with Crippen molar-refractivity contribution in [1.82, 2.24) is 4.57 Å². The van der Waals surface area contributed by atoms with Crippen LogP contribution in [-0.2, 0) is 20.8 Å². The van der Waals surface area contributed by atoms with Crippen molar-refractivity contribution in [2.75, 3.05) is 6.61 Å². The Balaban J connectivity index is 2.14. The van der Waals surface area contributed by atoms with Crippen LogP contribution in [0.25, 0.3) is 6.08 Å². The molecule has 1 aromatic heterocycles. The molecule has 0 saturated carbocycles. The minimum absolute atomic E-state index is 0.0523. The second-order valence-electron chi connectivity index (χ2n) is 5.11. The Kier molecular flexibility index (Phi) is 4.38. The number of aromatic hydroxyl groups is 1. The maximum atomic E-state index is 11.8.